The van der Waals surface area contributed by atoms with Crippen LogP contribution in [0.4, 0.5) is 0 Å². The molecule has 0 saturated carbocycles. The van der Waals surface area contributed by atoms with E-state index in [9.17, 15) is 0 Å². The molecule has 1 aromatic rings. The van der Waals surface area contributed by atoms with Crippen molar-refractivity contribution in [3.63, 3.8) is 0 Å². The molecule has 13 heavy (non-hydrogen) atoms. The molecule has 1 unspecified atom stereocenters. The van der Waals surface area contributed by atoms with Crippen LogP contribution in [0.5, 0.6) is 0 Å². The molecule has 1 atom stereocenters. The van der Waals surface area contributed by atoms with E-state index in [1.54, 1.807) is 0 Å². The number of aromatic nitrogens is 1. The minimum atomic E-state index is 0.543. The van der Waals surface area contributed by atoms with E-state index in [0.717, 1.165) is 13.0 Å². The Hall–Kier alpha value is -0.410. The van der Waals surface area contributed by atoms with Gasteiger partial charge in [0.2, 0.25) is 0 Å². The Kier molecular flexibility index (Phi) is 2.96. The zero-order chi connectivity index (χ0) is 9.10. The lowest BCUT2D eigenvalue weighted by Gasteiger charge is -2.04. The highest BCUT2D eigenvalue weighted by atomic mass is 32.1. The monoisotopic (exact) mass is 196 g/mol. The molecule has 1 aliphatic heterocycles. The summed E-state index contributed by atoms with van der Waals surface area (Å²) in [4.78, 5) is 4.64. The van der Waals surface area contributed by atoms with Gasteiger partial charge in [0.25, 0.3) is 0 Å². The molecule has 0 amide bonds. The van der Waals surface area contributed by atoms with E-state index in [4.69, 9.17) is 0 Å². The highest BCUT2D eigenvalue weighted by molar-refractivity contribution is 7.09. The molecule has 1 saturated heterocycles. The van der Waals surface area contributed by atoms with Gasteiger partial charge in [0.15, 0.2) is 0 Å². The summed E-state index contributed by atoms with van der Waals surface area (Å²) in [6.45, 7) is 3.36. The highest BCUT2D eigenvalue weighted by Gasteiger charge is 2.18. The second kappa shape index (κ2) is 4.20. The molecule has 0 aliphatic carbocycles. The van der Waals surface area contributed by atoms with Crippen molar-refractivity contribution in [3.05, 3.63) is 16.1 Å². The lowest BCUT2D eigenvalue weighted by molar-refractivity contribution is 0.629. The average Bonchev–Trinajstić information content (AvgIpc) is 2.70. The Bertz CT molecular complexity index is 264. The van der Waals surface area contributed by atoms with Crippen molar-refractivity contribution in [2.24, 2.45) is 0 Å². The number of nitrogens with zero attached hydrogens (tertiary/aromatic N) is 1. The third kappa shape index (κ3) is 2.09. The molecule has 2 nitrogen and oxygen atoms in total. The van der Waals surface area contributed by atoms with Crippen LogP contribution in [0.25, 0.3) is 0 Å². The van der Waals surface area contributed by atoms with Gasteiger partial charge in [-0.05, 0) is 32.2 Å². The van der Waals surface area contributed by atoms with Crippen molar-refractivity contribution < 1.29 is 0 Å². The molecule has 1 aromatic heterocycles. The average molecular weight is 196 g/mol. The van der Waals surface area contributed by atoms with E-state index in [1.165, 1.54) is 30.0 Å². The van der Waals surface area contributed by atoms with Gasteiger partial charge in [-0.15, -0.1) is 11.3 Å². The fraction of sp³-hybridized carbons (Fsp3) is 0.700. The third-order valence-corrected chi connectivity index (χ3v) is 3.38. The quantitative estimate of drug-likeness (QED) is 0.803. The molecule has 72 valence electrons. The molecule has 0 spiro atoms. The zero-order valence-electron chi connectivity index (χ0n) is 8.05. The maximum atomic E-state index is 4.64. The summed E-state index contributed by atoms with van der Waals surface area (Å²) in [6.07, 6.45) is 4.89. The lowest BCUT2D eigenvalue weighted by atomic mass is 10.2. The van der Waals surface area contributed by atoms with Crippen LogP contribution in [0, 0.1) is 0 Å². The Morgan fingerprint density at radius 2 is 2.62 bits per heavy atom. The fourth-order valence-electron chi connectivity index (χ4n) is 1.75. The van der Waals surface area contributed by atoms with Gasteiger partial charge < -0.3 is 5.32 Å². The van der Waals surface area contributed by atoms with Crippen LogP contribution in [0.2, 0.25) is 0 Å². The normalized spacial score (nSPS) is 22.4. The van der Waals surface area contributed by atoms with E-state index in [1.807, 2.05) is 11.3 Å². The van der Waals surface area contributed by atoms with E-state index in [0.29, 0.717) is 6.04 Å². The first-order valence-electron chi connectivity index (χ1n) is 5.08. The van der Waals surface area contributed by atoms with Crippen LogP contribution < -0.4 is 5.32 Å². The lowest BCUT2D eigenvalue weighted by Crippen LogP contribution is -2.13. The summed E-state index contributed by atoms with van der Waals surface area (Å²) in [5.41, 5.74) is 1.27. The van der Waals surface area contributed by atoms with Gasteiger partial charge >= 0.3 is 0 Å². The van der Waals surface area contributed by atoms with E-state index in [-0.39, 0.29) is 0 Å². The summed E-state index contributed by atoms with van der Waals surface area (Å²) < 4.78 is 0. The van der Waals surface area contributed by atoms with Gasteiger partial charge in [0, 0.05) is 5.38 Å². The molecule has 0 aromatic carbocycles. The number of thiazole rings is 1. The van der Waals surface area contributed by atoms with Crippen molar-refractivity contribution >= 4 is 11.3 Å². The Balaban J connectivity index is 2.03. The molecule has 2 heterocycles. The third-order valence-electron chi connectivity index (χ3n) is 2.45. The Morgan fingerprint density at radius 1 is 1.69 bits per heavy atom. The minimum Gasteiger partial charge on any atom is -0.309 e. The molecule has 1 N–H and O–H groups in total. The largest absolute Gasteiger partial charge is 0.309 e. The number of nitrogens with one attached hydrogen (secondary N) is 1. The Labute approximate surface area is 83.4 Å². The molecule has 0 bridgehead atoms. The number of aryl methyl sites for hydroxylation is 1. The maximum Gasteiger partial charge on any atom is 0.0928 e. The number of hydrogen-bond donors (Lipinski definition) is 1. The fourth-order valence-corrected chi connectivity index (χ4v) is 2.70. The molecule has 3 heteroatoms. The molecule has 0 radical (unpaired) electrons. The van der Waals surface area contributed by atoms with Crippen LogP contribution in [0.3, 0.4) is 0 Å². The van der Waals surface area contributed by atoms with Crippen LogP contribution in [0.15, 0.2) is 5.38 Å². The highest BCUT2D eigenvalue weighted by Crippen LogP contribution is 2.24. The molecule has 1 fully saturated rings. The maximum absolute atomic E-state index is 4.64. The molecule has 2 rings (SSSR count). The van der Waals surface area contributed by atoms with Gasteiger partial charge in [0.05, 0.1) is 16.7 Å². The summed E-state index contributed by atoms with van der Waals surface area (Å²) in [6, 6.07) is 0.543. The smallest absolute Gasteiger partial charge is 0.0928 e. The first-order chi connectivity index (χ1) is 6.40. The summed E-state index contributed by atoms with van der Waals surface area (Å²) in [5, 5.41) is 6.99. The molecular formula is C10H16N2S. The second-order valence-corrected chi connectivity index (χ2v) is 4.51. The van der Waals surface area contributed by atoms with Crippen LogP contribution in [-0.4, -0.2) is 11.5 Å². The van der Waals surface area contributed by atoms with Crippen molar-refractivity contribution in [2.75, 3.05) is 6.54 Å². The van der Waals surface area contributed by atoms with Gasteiger partial charge in [-0.25, -0.2) is 4.98 Å². The van der Waals surface area contributed by atoms with Crippen molar-refractivity contribution in [1.82, 2.24) is 10.3 Å². The first kappa shape index (κ1) is 9.16. The second-order valence-electron chi connectivity index (χ2n) is 3.57. The van der Waals surface area contributed by atoms with Crippen LogP contribution >= 0.6 is 11.3 Å². The van der Waals surface area contributed by atoms with Gasteiger partial charge in [-0.1, -0.05) is 6.92 Å². The Morgan fingerprint density at radius 3 is 3.31 bits per heavy atom. The van der Waals surface area contributed by atoms with E-state index < -0.39 is 0 Å². The molecule has 1 aliphatic rings. The standard InChI is InChI=1S/C10H16N2S/c1-2-4-10-12-9(7-13-10)8-5-3-6-11-8/h7-8,11H,2-6H2,1H3. The summed E-state index contributed by atoms with van der Waals surface area (Å²) in [5.74, 6) is 0. The summed E-state index contributed by atoms with van der Waals surface area (Å²) in [7, 11) is 0. The van der Waals surface area contributed by atoms with Crippen molar-refractivity contribution in [3.8, 4) is 0 Å². The first-order valence-corrected chi connectivity index (χ1v) is 5.96. The SMILES string of the molecule is CCCc1nc(C2CCCN2)cs1. The van der Waals surface area contributed by atoms with Crippen LogP contribution in [0.1, 0.15) is 42.9 Å². The topological polar surface area (TPSA) is 24.9 Å². The van der Waals surface area contributed by atoms with Crippen molar-refractivity contribution in [1.29, 1.82) is 0 Å². The minimum absolute atomic E-state index is 0.543. The van der Waals surface area contributed by atoms with E-state index >= 15 is 0 Å². The van der Waals surface area contributed by atoms with Crippen molar-refractivity contribution in [2.45, 2.75) is 38.6 Å². The number of hydrogen-bond acceptors (Lipinski definition) is 3. The van der Waals surface area contributed by atoms with Crippen LogP contribution in [-0.2, 0) is 6.42 Å². The van der Waals surface area contributed by atoms with Gasteiger partial charge in [-0.3, -0.25) is 0 Å². The van der Waals surface area contributed by atoms with Gasteiger partial charge in [0.1, 0.15) is 0 Å². The predicted molar refractivity (Wildman–Crippen MR) is 56.1 cm³/mol. The summed E-state index contributed by atoms with van der Waals surface area (Å²) >= 11 is 1.81. The van der Waals surface area contributed by atoms with Gasteiger partial charge in [-0.2, -0.15) is 0 Å². The zero-order valence-corrected chi connectivity index (χ0v) is 8.86. The number of rotatable bonds is 3. The van der Waals surface area contributed by atoms with E-state index in [2.05, 4.69) is 22.6 Å². The predicted octanol–water partition coefficient (Wildman–Crippen LogP) is 2.52. The molecular weight excluding hydrogens is 180 g/mol.